The highest BCUT2D eigenvalue weighted by atomic mass is 16.5. The first-order valence-electron chi connectivity index (χ1n) is 7.54. The van der Waals surface area contributed by atoms with Crippen molar-refractivity contribution in [1.29, 1.82) is 0 Å². The van der Waals surface area contributed by atoms with Crippen LogP contribution in [-0.2, 0) is 10.2 Å². The molecule has 4 heteroatoms. The fourth-order valence-electron chi connectivity index (χ4n) is 3.26. The normalized spacial score (nSPS) is 13.7. The van der Waals surface area contributed by atoms with Gasteiger partial charge in [0, 0.05) is 28.9 Å². The predicted octanol–water partition coefficient (Wildman–Crippen LogP) is 3.36. The van der Waals surface area contributed by atoms with Crippen molar-refractivity contribution in [3.05, 3.63) is 65.9 Å². The van der Waals surface area contributed by atoms with Gasteiger partial charge in [-0.15, -0.1) is 0 Å². The molecule has 0 spiro atoms. The van der Waals surface area contributed by atoms with Crippen LogP contribution in [0.4, 0.5) is 0 Å². The van der Waals surface area contributed by atoms with Gasteiger partial charge in [-0.25, -0.2) is 0 Å². The first-order chi connectivity index (χ1) is 11.1. The largest absolute Gasteiger partial charge is 0.496 e. The summed E-state index contributed by atoms with van der Waals surface area (Å²) in [5.41, 5.74) is 8.06. The van der Waals surface area contributed by atoms with E-state index in [0.29, 0.717) is 0 Å². The Morgan fingerprint density at radius 2 is 1.91 bits per heavy atom. The SMILES string of the molecule is COc1cccc2[nH]cc(C(C)(CC(N)=O)c3ccccc3)c12. The van der Waals surface area contributed by atoms with E-state index in [0.717, 1.165) is 27.8 Å². The number of amides is 1. The van der Waals surface area contributed by atoms with Crippen molar-refractivity contribution in [3.63, 3.8) is 0 Å². The van der Waals surface area contributed by atoms with E-state index in [4.69, 9.17) is 10.5 Å². The molecular formula is C19H20N2O2. The Hall–Kier alpha value is -2.75. The van der Waals surface area contributed by atoms with E-state index in [9.17, 15) is 4.79 Å². The molecule has 0 aliphatic carbocycles. The van der Waals surface area contributed by atoms with Gasteiger partial charge < -0.3 is 15.5 Å². The van der Waals surface area contributed by atoms with Crippen molar-refractivity contribution >= 4 is 16.8 Å². The number of nitrogens with one attached hydrogen (secondary N) is 1. The van der Waals surface area contributed by atoms with Crippen LogP contribution in [0.2, 0.25) is 0 Å². The number of methoxy groups -OCH3 is 1. The molecule has 0 radical (unpaired) electrons. The van der Waals surface area contributed by atoms with Crippen molar-refractivity contribution in [2.75, 3.05) is 7.11 Å². The van der Waals surface area contributed by atoms with Crippen molar-refractivity contribution in [3.8, 4) is 5.75 Å². The van der Waals surface area contributed by atoms with Gasteiger partial charge in [0.1, 0.15) is 5.75 Å². The highest BCUT2D eigenvalue weighted by Crippen LogP contribution is 2.42. The van der Waals surface area contributed by atoms with Crippen molar-refractivity contribution in [2.24, 2.45) is 5.73 Å². The number of aromatic amines is 1. The highest BCUT2D eigenvalue weighted by molar-refractivity contribution is 5.91. The predicted molar refractivity (Wildman–Crippen MR) is 91.6 cm³/mol. The lowest BCUT2D eigenvalue weighted by molar-refractivity contribution is -0.118. The number of carbonyl (C=O) groups excluding carboxylic acids is 1. The number of carbonyl (C=O) groups is 1. The van der Waals surface area contributed by atoms with Crippen LogP contribution in [0.3, 0.4) is 0 Å². The zero-order chi connectivity index (χ0) is 16.4. The molecule has 0 aliphatic heterocycles. The van der Waals surface area contributed by atoms with E-state index < -0.39 is 5.41 Å². The summed E-state index contributed by atoms with van der Waals surface area (Å²) >= 11 is 0. The topological polar surface area (TPSA) is 68.1 Å². The van der Waals surface area contributed by atoms with Gasteiger partial charge in [-0.1, -0.05) is 43.3 Å². The maximum Gasteiger partial charge on any atom is 0.218 e. The number of ether oxygens (including phenoxy) is 1. The number of aromatic nitrogens is 1. The quantitative estimate of drug-likeness (QED) is 0.759. The molecule has 1 unspecified atom stereocenters. The number of hydrogen-bond donors (Lipinski definition) is 2. The summed E-state index contributed by atoms with van der Waals surface area (Å²) in [4.78, 5) is 15.0. The smallest absolute Gasteiger partial charge is 0.218 e. The lowest BCUT2D eigenvalue weighted by Gasteiger charge is -2.29. The van der Waals surface area contributed by atoms with Gasteiger partial charge in [0.25, 0.3) is 0 Å². The first kappa shape index (κ1) is 15.2. The van der Waals surface area contributed by atoms with Crippen LogP contribution in [-0.4, -0.2) is 18.0 Å². The van der Waals surface area contributed by atoms with Crippen molar-refractivity contribution in [1.82, 2.24) is 4.98 Å². The molecular weight excluding hydrogens is 288 g/mol. The van der Waals surface area contributed by atoms with Gasteiger partial charge in [-0.2, -0.15) is 0 Å². The Morgan fingerprint density at radius 1 is 1.17 bits per heavy atom. The van der Waals surface area contributed by atoms with E-state index in [1.54, 1.807) is 7.11 Å². The molecule has 0 bridgehead atoms. The fourth-order valence-corrected chi connectivity index (χ4v) is 3.26. The molecule has 0 saturated carbocycles. The number of H-pyrrole nitrogens is 1. The number of rotatable bonds is 5. The first-order valence-corrected chi connectivity index (χ1v) is 7.54. The van der Waals surface area contributed by atoms with Crippen molar-refractivity contribution < 1.29 is 9.53 Å². The molecule has 0 aliphatic rings. The molecule has 0 fully saturated rings. The molecule has 0 saturated heterocycles. The molecule has 1 aromatic heterocycles. The standard InChI is InChI=1S/C19H20N2O2/c1-19(11-17(20)22,13-7-4-3-5-8-13)14-12-21-15-9-6-10-16(23-2)18(14)15/h3-10,12,21H,11H2,1-2H3,(H2,20,22). The van der Waals surface area contributed by atoms with Gasteiger partial charge in [-0.3, -0.25) is 4.79 Å². The molecule has 118 valence electrons. The van der Waals surface area contributed by atoms with E-state index in [-0.39, 0.29) is 12.3 Å². The third-order valence-corrected chi connectivity index (χ3v) is 4.42. The summed E-state index contributed by atoms with van der Waals surface area (Å²) in [7, 11) is 1.65. The zero-order valence-electron chi connectivity index (χ0n) is 13.3. The molecule has 1 heterocycles. The molecule has 2 aromatic carbocycles. The second kappa shape index (κ2) is 5.80. The molecule has 3 aromatic rings. The summed E-state index contributed by atoms with van der Waals surface area (Å²) in [6, 6.07) is 15.8. The van der Waals surface area contributed by atoms with Gasteiger partial charge in [0.15, 0.2) is 0 Å². The van der Waals surface area contributed by atoms with Gasteiger partial charge in [0.05, 0.1) is 7.11 Å². The molecule has 3 N–H and O–H groups in total. The van der Waals surface area contributed by atoms with E-state index in [1.807, 2.05) is 61.7 Å². The Morgan fingerprint density at radius 3 is 2.57 bits per heavy atom. The Balaban J connectivity index is 2.28. The number of fused-ring (bicyclic) bond motifs is 1. The summed E-state index contributed by atoms with van der Waals surface area (Å²) in [6.07, 6.45) is 2.17. The fraction of sp³-hybridized carbons (Fsp3) is 0.211. The Bertz CT molecular complexity index is 839. The van der Waals surface area contributed by atoms with Gasteiger partial charge in [0.2, 0.25) is 5.91 Å². The Kier molecular flexibility index (Phi) is 3.82. The highest BCUT2D eigenvalue weighted by Gasteiger charge is 2.34. The van der Waals surface area contributed by atoms with Crippen LogP contribution >= 0.6 is 0 Å². The molecule has 3 rings (SSSR count). The zero-order valence-corrected chi connectivity index (χ0v) is 13.3. The van der Waals surface area contributed by atoms with Crippen LogP contribution in [0.5, 0.6) is 5.75 Å². The molecule has 4 nitrogen and oxygen atoms in total. The maximum absolute atomic E-state index is 11.8. The number of benzene rings is 2. The van der Waals surface area contributed by atoms with Crippen LogP contribution in [0.1, 0.15) is 24.5 Å². The van der Waals surface area contributed by atoms with E-state index in [2.05, 4.69) is 4.98 Å². The molecule has 1 atom stereocenters. The number of nitrogens with two attached hydrogens (primary N) is 1. The molecule has 1 amide bonds. The third-order valence-electron chi connectivity index (χ3n) is 4.42. The summed E-state index contributed by atoms with van der Waals surface area (Å²) < 4.78 is 5.53. The van der Waals surface area contributed by atoms with E-state index in [1.165, 1.54) is 0 Å². The lowest BCUT2D eigenvalue weighted by Crippen LogP contribution is -2.30. The van der Waals surface area contributed by atoms with Gasteiger partial charge in [-0.05, 0) is 23.3 Å². The van der Waals surface area contributed by atoms with Crippen LogP contribution in [0.15, 0.2) is 54.7 Å². The Labute approximate surface area is 135 Å². The minimum Gasteiger partial charge on any atom is -0.496 e. The maximum atomic E-state index is 11.8. The third kappa shape index (κ3) is 2.57. The van der Waals surface area contributed by atoms with Crippen LogP contribution < -0.4 is 10.5 Å². The van der Waals surface area contributed by atoms with Crippen molar-refractivity contribution in [2.45, 2.75) is 18.8 Å². The van der Waals surface area contributed by atoms with Crippen LogP contribution in [0.25, 0.3) is 10.9 Å². The molecule has 23 heavy (non-hydrogen) atoms. The minimum atomic E-state index is -0.528. The number of primary amides is 1. The van der Waals surface area contributed by atoms with Gasteiger partial charge >= 0.3 is 0 Å². The summed E-state index contributed by atoms with van der Waals surface area (Å²) in [5, 5.41) is 0.989. The average Bonchev–Trinajstić information content (AvgIpc) is 2.99. The van der Waals surface area contributed by atoms with Crippen LogP contribution in [0, 0.1) is 0 Å². The minimum absolute atomic E-state index is 0.224. The number of hydrogen-bond acceptors (Lipinski definition) is 2. The summed E-state index contributed by atoms with van der Waals surface area (Å²) in [5.74, 6) is 0.450. The summed E-state index contributed by atoms with van der Waals surface area (Å²) in [6.45, 7) is 2.04. The average molecular weight is 308 g/mol. The second-order valence-corrected chi connectivity index (χ2v) is 5.93. The second-order valence-electron chi connectivity index (χ2n) is 5.93. The monoisotopic (exact) mass is 308 g/mol. The lowest BCUT2D eigenvalue weighted by atomic mass is 9.73. The van der Waals surface area contributed by atoms with E-state index >= 15 is 0 Å².